The number of hydrogen-bond acceptors (Lipinski definition) is 7. The first-order valence-corrected chi connectivity index (χ1v) is 10.3. The van der Waals surface area contributed by atoms with Gasteiger partial charge in [0, 0.05) is 12.8 Å². The number of phenols is 1. The molecule has 12 heteroatoms. The number of nitrogens with one attached hydrogen (secondary N) is 3. The van der Waals surface area contributed by atoms with Crippen LogP contribution in [0.1, 0.15) is 32.3 Å². The van der Waals surface area contributed by atoms with Crippen LogP contribution in [-0.4, -0.2) is 64.5 Å². The van der Waals surface area contributed by atoms with Gasteiger partial charge in [0.2, 0.25) is 23.6 Å². The normalized spacial score (nSPS) is 13.5. The van der Waals surface area contributed by atoms with E-state index < -0.39 is 53.6 Å². The molecule has 0 heterocycles. The maximum absolute atomic E-state index is 12.8. The fourth-order valence-corrected chi connectivity index (χ4v) is 2.93. The summed E-state index contributed by atoms with van der Waals surface area (Å²) in [5, 5.41) is 26.2. The largest absolute Gasteiger partial charge is 0.508 e. The Hall–Kier alpha value is -3.67. The lowest BCUT2D eigenvalue weighted by atomic mass is 10.0. The Morgan fingerprint density at radius 1 is 0.939 bits per heavy atom. The first-order valence-electron chi connectivity index (χ1n) is 10.3. The lowest BCUT2D eigenvalue weighted by Crippen LogP contribution is -2.58. The van der Waals surface area contributed by atoms with E-state index in [-0.39, 0.29) is 31.6 Å². The molecule has 3 unspecified atom stereocenters. The number of rotatable bonds is 13. The second-order valence-electron chi connectivity index (χ2n) is 7.83. The monoisotopic (exact) mass is 465 g/mol. The fourth-order valence-electron chi connectivity index (χ4n) is 2.93. The molecule has 0 bridgehead atoms. The summed E-state index contributed by atoms with van der Waals surface area (Å²) < 4.78 is 0. The Morgan fingerprint density at radius 2 is 1.55 bits per heavy atom. The maximum atomic E-state index is 12.8. The number of nitrogens with two attached hydrogens (primary N) is 2. The summed E-state index contributed by atoms with van der Waals surface area (Å²) in [5.41, 5.74) is 10.9. The highest BCUT2D eigenvalue weighted by atomic mass is 16.4. The molecule has 9 N–H and O–H groups in total. The van der Waals surface area contributed by atoms with Gasteiger partial charge in [0.05, 0.1) is 6.54 Å². The van der Waals surface area contributed by atoms with Gasteiger partial charge in [-0.3, -0.25) is 19.2 Å². The van der Waals surface area contributed by atoms with Crippen LogP contribution in [0.2, 0.25) is 0 Å². The highest BCUT2D eigenvalue weighted by Crippen LogP contribution is 2.12. The van der Waals surface area contributed by atoms with Gasteiger partial charge in [-0.15, -0.1) is 0 Å². The molecular weight excluding hydrogens is 434 g/mol. The smallest absolute Gasteiger partial charge is 0.326 e. The first kappa shape index (κ1) is 27.4. The van der Waals surface area contributed by atoms with E-state index in [1.807, 2.05) is 0 Å². The SMILES string of the molecule is CC(C)C(NC(=O)C(CCC(N)=O)NC(=O)CN)C(=O)NC(Cc1ccc(O)cc1)C(=O)O. The third-order valence-electron chi connectivity index (χ3n) is 4.75. The zero-order valence-electron chi connectivity index (χ0n) is 18.5. The van der Waals surface area contributed by atoms with Crippen LogP contribution >= 0.6 is 0 Å². The summed E-state index contributed by atoms with van der Waals surface area (Å²) in [7, 11) is 0. The third-order valence-corrected chi connectivity index (χ3v) is 4.75. The van der Waals surface area contributed by atoms with Gasteiger partial charge in [-0.25, -0.2) is 4.79 Å². The molecule has 4 amide bonds. The topological polar surface area (TPSA) is 214 Å². The average Bonchev–Trinajstić information content (AvgIpc) is 2.74. The van der Waals surface area contributed by atoms with E-state index in [0.29, 0.717) is 5.56 Å². The Morgan fingerprint density at radius 3 is 2.03 bits per heavy atom. The molecule has 1 aromatic rings. The van der Waals surface area contributed by atoms with Gasteiger partial charge >= 0.3 is 5.97 Å². The van der Waals surface area contributed by atoms with Crippen molar-refractivity contribution in [1.29, 1.82) is 0 Å². The van der Waals surface area contributed by atoms with Crippen LogP contribution in [0, 0.1) is 5.92 Å². The molecule has 1 rings (SSSR count). The molecule has 0 aliphatic rings. The van der Waals surface area contributed by atoms with E-state index in [0.717, 1.165) is 0 Å². The van der Waals surface area contributed by atoms with Crippen molar-refractivity contribution in [2.75, 3.05) is 6.54 Å². The summed E-state index contributed by atoms with van der Waals surface area (Å²) in [6, 6.07) is 2.29. The number of carboxylic acid groups (broad SMARTS) is 1. The van der Waals surface area contributed by atoms with Crippen molar-refractivity contribution in [3.05, 3.63) is 29.8 Å². The first-order chi connectivity index (χ1) is 15.4. The Kier molecular flexibility index (Phi) is 10.8. The minimum atomic E-state index is -1.29. The van der Waals surface area contributed by atoms with Crippen LogP contribution < -0.4 is 27.4 Å². The van der Waals surface area contributed by atoms with E-state index in [2.05, 4.69) is 16.0 Å². The summed E-state index contributed by atoms with van der Waals surface area (Å²) in [4.78, 5) is 60.0. The predicted octanol–water partition coefficient (Wildman–Crippen LogP) is -1.65. The summed E-state index contributed by atoms with van der Waals surface area (Å²) in [6.07, 6.45) is -0.332. The van der Waals surface area contributed by atoms with Crippen LogP contribution in [0.5, 0.6) is 5.75 Å². The van der Waals surface area contributed by atoms with E-state index >= 15 is 0 Å². The van der Waals surface area contributed by atoms with Crippen LogP contribution in [0.4, 0.5) is 0 Å². The summed E-state index contributed by atoms with van der Waals surface area (Å²) in [6.45, 7) is 2.92. The van der Waals surface area contributed by atoms with Gasteiger partial charge in [0.25, 0.3) is 0 Å². The second-order valence-corrected chi connectivity index (χ2v) is 7.83. The molecule has 0 fully saturated rings. The molecule has 0 aliphatic carbocycles. The Balaban J connectivity index is 2.94. The third kappa shape index (κ3) is 9.56. The molecule has 0 saturated heterocycles. The fraction of sp³-hybridized carbons (Fsp3) is 0.476. The van der Waals surface area contributed by atoms with Crippen LogP contribution in [-0.2, 0) is 30.4 Å². The molecule has 0 radical (unpaired) electrons. The van der Waals surface area contributed by atoms with E-state index in [1.54, 1.807) is 13.8 Å². The highest BCUT2D eigenvalue weighted by Gasteiger charge is 2.31. The maximum Gasteiger partial charge on any atom is 0.326 e. The standard InChI is InChI=1S/C21H31N5O7/c1-11(2)18(26-19(30)14(7-8-16(23)28)24-17(29)10-22)20(31)25-15(21(32)33)9-12-3-5-13(27)6-4-12/h3-6,11,14-15,18,27H,7-10,22H2,1-2H3,(H2,23,28)(H,24,29)(H,25,31)(H,26,30)(H,32,33). The molecule has 0 aromatic heterocycles. The van der Waals surface area contributed by atoms with Crippen LogP contribution in [0.15, 0.2) is 24.3 Å². The Bertz CT molecular complexity index is 857. The number of carbonyl (C=O) groups is 5. The quantitative estimate of drug-likeness (QED) is 0.179. The van der Waals surface area contributed by atoms with Crippen molar-refractivity contribution in [2.24, 2.45) is 17.4 Å². The summed E-state index contributed by atoms with van der Waals surface area (Å²) in [5.74, 6) is -4.47. The van der Waals surface area contributed by atoms with Gasteiger partial charge < -0.3 is 37.6 Å². The number of carbonyl (C=O) groups excluding carboxylic acids is 4. The van der Waals surface area contributed by atoms with Gasteiger partial charge in [-0.2, -0.15) is 0 Å². The van der Waals surface area contributed by atoms with Crippen molar-refractivity contribution < 1.29 is 34.2 Å². The van der Waals surface area contributed by atoms with Crippen LogP contribution in [0.25, 0.3) is 0 Å². The highest BCUT2D eigenvalue weighted by molar-refractivity contribution is 5.94. The predicted molar refractivity (Wildman–Crippen MR) is 118 cm³/mol. The molecule has 182 valence electrons. The number of phenolic OH excluding ortho intramolecular Hbond substituents is 1. The summed E-state index contributed by atoms with van der Waals surface area (Å²) >= 11 is 0. The zero-order chi connectivity index (χ0) is 25.1. The number of aromatic hydroxyl groups is 1. The van der Waals surface area contributed by atoms with Gasteiger partial charge in [0.15, 0.2) is 0 Å². The lowest BCUT2D eigenvalue weighted by Gasteiger charge is -2.26. The molecule has 12 nitrogen and oxygen atoms in total. The number of carboxylic acids is 1. The molecule has 1 aromatic carbocycles. The van der Waals surface area contributed by atoms with Gasteiger partial charge in [0.1, 0.15) is 23.9 Å². The molecule has 0 aliphatic heterocycles. The van der Waals surface area contributed by atoms with Crippen molar-refractivity contribution in [3.63, 3.8) is 0 Å². The van der Waals surface area contributed by atoms with E-state index in [9.17, 15) is 34.2 Å². The number of benzene rings is 1. The van der Waals surface area contributed by atoms with E-state index in [4.69, 9.17) is 11.5 Å². The molecule has 3 atom stereocenters. The number of hydrogen-bond donors (Lipinski definition) is 7. The minimum absolute atomic E-state index is 0.0184. The number of aliphatic carboxylic acids is 1. The van der Waals surface area contributed by atoms with Crippen LogP contribution in [0.3, 0.4) is 0 Å². The number of primary amides is 1. The molecular formula is C21H31N5O7. The van der Waals surface area contributed by atoms with Gasteiger partial charge in [-0.05, 0) is 30.0 Å². The zero-order valence-corrected chi connectivity index (χ0v) is 18.5. The number of amides is 4. The second kappa shape index (κ2) is 13.0. The minimum Gasteiger partial charge on any atom is -0.508 e. The van der Waals surface area contributed by atoms with Crippen molar-refractivity contribution in [1.82, 2.24) is 16.0 Å². The van der Waals surface area contributed by atoms with Crippen molar-refractivity contribution in [3.8, 4) is 5.75 Å². The lowest BCUT2D eigenvalue weighted by molar-refractivity contribution is -0.142. The average molecular weight is 466 g/mol. The molecule has 0 saturated carbocycles. The van der Waals surface area contributed by atoms with Gasteiger partial charge in [-0.1, -0.05) is 26.0 Å². The van der Waals surface area contributed by atoms with Crippen molar-refractivity contribution >= 4 is 29.6 Å². The molecule has 0 spiro atoms. The van der Waals surface area contributed by atoms with Crippen molar-refractivity contribution in [2.45, 2.75) is 51.2 Å². The molecule has 33 heavy (non-hydrogen) atoms. The Labute approximate surface area is 191 Å². The van der Waals surface area contributed by atoms with E-state index in [1.165, 1.54) is 24.3 Å².